The van der Waals surface area contributed by atoms with Gasteiger partial charge in [0.05, 0.1) is 22.4 Å². The van der Waals surface area contributed by atoms with E-state index in [4.69, 9.17) is 16.2 Å². The van der Waals surface area contributed by atoms with Crippen molar-refractivity contribution in [1.82, 2.24) is 14.3 Å². The summed E-state index contributed by atoms with van der Waals surface area (Å²) >= 11 is 0. The number of anilines is 2. The van der Waals surface area contributed by atoms with Crippen LogP contribution in [0.4, 0.5) is 11.8 Å². The highest BCUT2D eigenvalue weighted by Gasteiger charge is 2.30. The topological polar surface area (TPSA) is 124 Å². The fourth-order valence-electron chi connectivity index (χ4n) is 4.12. The van der Waals surface area contributed by atoms with E-state index in [9.17, 15) is 8.42 Å². The van der Waals surface area contributed by atoms with Crippen molar-refractivity contribution in [2.24, 2.45) is 5.92 Å². The molecule has 2 aromatic carbocycles. The molecule has 0 saturated carbocycles. The molecule has 0 bridgehead atoms. The van der Waals surface area contributed by atoms with Crippen LogP contribution >= 0.6 is 0 Å². The van der Waals surface area contributed by atoms with Gasteiger partial charge in [-0.3, -0.25) is 0 Å². The van der Waals surface area contributed by atoms with Crippen LogP contribution in [0.25, 0.3) is 10.9 Å². The Bertz CT molecular complexity index is 1250. The lowest BCUT2D eigenvalue weighted by molar-refractivity contribution is 0.186. The number of aromatic nitrogens is 2. The molecule has 0 radical (unpaired) electrons. The summed E-state index contributed by atoms with van der Waals surface area (Å²) in [4.78, 5) is 8.59. The third-order valence-corrected chi connectivity index (χ3v) is 8.05. The van der Waals surface area contributed by atoms with Crippen LogP contribution in [0.5, 0.6) is 5.75 Å². The van der Waals surface area contributed by atoms with Crippen LogP contribution in [0.1, 0.15) is 39.2 Å². The Kier molecular flexibility index (Phi) is 6.20. The molecule has 8 nitrogen and oxygen atoms in total. The van der Waals surface area contributed by atoms with Gasteiger partial charge in [0, 0.05) is 13.1 Å². The van der Waals surface area contributed by atoms with Crippen LogP contribution in [0.3, 0.4) is 0 Å². The number of nitrogens with two attached hydrogens (primary N) is 2. The number of nitrogens with zero attached hydrogens (tertiary/aromatic N) is 3. The number of benzene rings is 2. The molecule has 3 aromatic rings. The van der Waals surface area contributed by atoms with Crippen molar-refractivity contribution < 1.29 is 13.2 Å². The Balaban J connectivity index is 1.39. The SMILES string of the molecule is CC(C)(C)c1ccc(S(=O)(=O)N2CCC(COc3cccc4nc(N)nc(N)c34)CC2)cc1. The van der Waals surface area contributed by atoms with Gasteiger partial charge in [-0.15, -0.1) is 0 Å². The third kappa shape index (κ3) is 4.89. The van der Waals surface area contributed by atoms with Gasteiger partial charge in [0.1, 0.15) is 11.6 Å². The van der Waals surface area contributed by atoms with Crippen LogP contribution in [0.2, 0.25) is 0 Å². The second-order valence-corrected chi connectivity index (χ2v) is 11.5. The summed E-state index contributed by atoms with van der Waals surface area (Å²) in [6, 6.07) is 12.7. The van der Waals surface area contributed by atoms with E-state index in [1.54, 1.807) is 16.4 Å². The normalized spacial score (nSPS) is 16.2. The molecule has 33 heavy (non-hydrogen) atoms. The molecule has 176 valence electrons. The van der Waals surface area contributed by atoms with Crippen molar-refractivity contribution >= 4 is 32.7 Å². The van der Waals surface area contributed by atoms with Crippen LogP contribution in [0.15, 0.2) is 47.4 Å². The maximum Gasteiger partial charge on any atom is 0.243 e. The predicted octanol–water partition coefficient (Wildman–Crippen LogP) is 3.57. The highest BCUT2D eigenvalue weighted by molar-refractivity contribution is 7.89. The van der Waals surface area contributed by atoms with Gasteiger partial charge in [-0.25, -0.2) is 13.4 Å². The van der Waals surface area contributed by atoms with E-state index in [2.05, 4.69) is 30.7 Å². The van der Waals surface area contributed by atoms with Gasteiger partial charge >= 0.3 is 0 Å². The summed E-state index contributed by atoms with van der Waals surface area (Å²) in [5, 5.41) is 0.644. The molecular formula is C24H31N5O3S. The standard InChI is InChI=1S/C24H31N5O3S/c1-24(2,3)17-7-9-18(10-8-17)33(30,31)29-13-11-16(12-14-29)15-32-20-6-4-5-19-21(20)22(25)28-23(26)27-19/h4-10,16H,11-15H2,1-3H3,(H4,25,26,27,28). The monoisotopic (exact) mass is 469 g/mol. The van der Waals surface area contributed by atoms with Crippen molar-refractivity contribution in [3.05, 3.63) is 48.0 Å². The van der Waals surface area contributed by atoms with Crippen LogP contribution in [-0.4, -0.2) is 42.4 Å². The first-order valence-corrected chi connectivity index (χ1v) is 12.5. The summed E-state index contributed by atoms with van der Waals surface area (Å²) in [5.74, 6) is 1.26. The van der Waals surface area contributed by atoms with Crippen molar-refractivity contribution in [3.8, 4) is 5.75 Å². The van der Waals surface area contributed by atoms with Gasteiger partial charge in [-0.05, 0) is 54.0 Å². The zero-order valence-electron chi connectivity index (χ0n) is 19.3. The molecule has 1 aliphatic rings. The molecule has 0 atom stereocenters. The molecule has 0 spiro atoms. The van der Waals surface area contributed by atoms with Crippen LogP contribution < -0.4 is 16.2 Å². The van der Waals surface area contributed by atoms with E-state index in [-0.39, 0.29) is 23.1 Å². The summed E-state index contributed by atoms with van der Waals surface area (Å²) in [6.07, 6.45) is 1.45. The third-order valence-electron chi connectivity index (χ3n) is 6.14. The molecule has 0 unspecified atom stereocenters. The number of hydrogen-bond donors (Lipinski definition) is 2. The van der Waals surface area contributed by atoms with E-state index in [0.717, 1.165) is 18.4 Å². The average molecular weight is 470 g/mol. The van der Waals surface area contributed by atoms with Gasteiger partial charge in [-0.1, -0.05) is 39.0 Å². The van der Waals surface area contributed by atoms with E-state index < -0.39 is 10.0 Å². The number of rotatable bonds is 5. The van der Waals surface area contributed by atoms with Crippen LogP contribution in [-0.2, 0) is 15.4 Å². The van der Waals surface area contributed by atoms with E-state index >= 15 is 0 Å². The molecule has 1 saturated heterocycles. The van der Waals surface area contributed by atoms with Gasteiger partial charge < -0.3 is 16.2 Å². The molecule has 1 fully saturated rings. The molecule has 0 aliphatic carbocycles. The quantitative estimate of drug-likeness (QED) is 0.585. The van der Waals surface area contributed by atoms with Crippen molar-refractivity contribution in [2.75, 3.05) is 31.2 Å². The molecule has 4 rings (SSSR count). The molecule has 1 aliphatic heterocycles. The fraction of sp³-hybridized carbons (Fsp3) is 0.417. The Labute approximate surface area is 195 Å². The van der Waals surface area contributed by atoms with Gasteiger partial charge in [0.25, 0.3) is 0 Å². The summed E-state index contributed by atoms with van der Waals surface area (Å²) in [7, 11) is -3.51. The number of nitrogen functional groups attached to an aromatic ring is 2. The number of sulfonamides is 1. The first-order chi connectivity index (χ1) is 15.6. The zero-order valence-corrected chi connectivity index (χ0v) is 20.1. The Morgan fingerprint density at radius 1 is 1.03 bits per heavy atom. The number of piperidine rings is 1. The largest absolute Gasteiger partial charge is 0.492 e. The minimum absolute atomic E-state index is 0.0197. The number of ether oxygens (including phenoxy) is 1. The van der Waals surface area contributed by atoms with E-state index in [0.29, 0.717) is 41.2 Å². The van der Waals surface area contributed by atoms with Gasteiger partial charge in [0.15, 0.2) is 0 Å². The fourth-order valence-corrected chi connectivity index (χ4v) is 5.59. The Morgan fingerprint density at radius 2 is 1.70 bits per heavy atom. The highest BCUT2D eigenvalue weighted by Crippen LogP contribution is 2.31. The van der Waals surface area contributed by atoms with Gasteiger partial charge in [-0.2, -0.15) is 9.29 Å². The summed E-state index contributed by atoms with van der Waals surface area (Å²) < 4.78 is 33.8. The maximum absolute atomic E-state index is 13.1. The first kappa shape index (κ1) is 23.3. The van der Waals surface area contributed by atoms with E-state index in [1.165, 1.54) is 0 Å². The first-order valence-electron chi connectivity index (χ1n) is 11.1. The molecule has 0 amide bonds. The predicted molar refractivity (Wildman–Crippen MR) is 130 cm³/mol. The smallest absolute Gasteiger partial charge is 0.243 e. The Morgan fingerprint density at radius 3 is 2.33 bits per heavy atom. The maximum atomic E-state index is 13.1. The van der Waals surface area contributed by atoms with E-state index in [1.807, 2.05) is 30.3 Å². The van der Waals surface area contributed by atoms with Crippen LogP contribution in [0, 0.1) is 5.92 Å². The highest BCUT2D eigenvalue weighted by atomic mass is 32.2. The van der Waals surface area contributed by atoms with Crippen molar-refractivity contribution in [1.29, 1.82) is 0 Å². The number of hydrogen-bond acceptors (Lipinski definition) is 7. The average Bonchev–Trinajstić information content (AvgIpc) is 2.77. The molecule has 1 aromatic heterocycles. The molecular weight excluding hydrogens is 438 g/mol. The van der Waals surface area contributed by atoms with Gasteiger partial charge in [0.2, 0.25) is 16.0 Å². The minimum atomic E-state index is -3.51. The Hall–Kier alpha value is -2.91. The lowest BCUT2D eigenvalue weighted by atomic mass is 9.87. The van der Waals surface area contributed by atoms with Crippen molar-refractivity contribution in [3.63, 3.8) is 0 Å². The molecule has 4 N–H and O–H groups in total. The summed E-state index contributed by atoms with van der Waals surface area (Å²) in [6.45, 7) is 7.73. The van der Waals surface area contributed by atoms with Crippen molar-refractivity contribution in [2.45, 2.75) is 43.9 Å². The lowest BCUT2D eigenvalue weighted by Gasteiger charge is -2.31. The second kappa shape index (κ2) is 8.79. The molecule has 2 heterocycles. The number of fused-ring (bicyclic) bond motifs is 1. The minimum Gasteiger partial charge on any atom is -0.492 e. The lowest BCUT2D eigenvalue weighted by Crippen LogP contribution is -2.39. The second-order valence-electron chi connectivity index (χ2n) is 9.55. The molecule has 9 heteroatoms. The zero-order chi connectivity index (χ0) is 23.8. The summed E-state index contributed by atoms with van der Waals surface area (Å²) in [5.41, 5.74) is 13.4.